The van der Waals surface area contributed by atoms with E-state index in [0.29, 0.717) is 11.4 Å². The van der Waals surface area contributed by atoms with Gasteiger partial charge in [0.25, 0.3) is 0 Å². The van der Waals surface area contributed by atoms with Crippen molar-refractivity contribution in [2.45, 2.75) is 4.90 Å². The zero-order valence-electron chi connectivity index (χ0n) is 9.72. The Balaban J connectivity index is 0.00000180. The van der Waals surface area contributed by atoms with Crippen molar-refractivity contribution >= 4 is 51.6 Å². The summed E-state index contributed by atoms with van der Waals surface area (Å²) in [5, 5.41) is 17.0. The Morgan fingerprint density at radius 1 is 0.800 bits per heavy atom. The normalized spacial score (nSPS) is 10.1. The number of benzene rings is 2. The summed E-state index contributed by atoms with van der Waals surface area (Å²) in [4.78, 5) is 0.244. The predicted octanol–water partition coefficient (Wildman–Crippen LogP) is 1.30. The van der Waals surface area contributed by atoms with Crippen LogP contribution >= 0.6 is 0 Å². The minimum absolute atomic E-state index is 0. The Kier molecular flexibility index (Phi) is 8.28. The number of thiol groups is 1. The summed E-state index contributed by atoms with van der Waals surface area (Å²) in [5.41, 5.74) is 1.16. The molecule has 0 aliphatic rings. The molecule has 0 saturated carbocycles. The Morgan fingerprint density at radius 3 is 1.60 bits per heavy atom. The van der Waals surface area contributed by atoms with Crippen LogP contribution in [0.1, 0.15) is 0 Å². The van der Waals surface area contributed by atoms with Crippen LogP contribution < -0.4 is 0 Å². The fraction of sp³-hybridized carbons (Fsp3) is 0. The first kappa shape index (κ1) is 18.8. The SMILES string of the molecule is O.O=[SH](=O)c1ccc(/N=N/c2ccc(O)cc2)cc1.[NaH]. The molecule has 3 N–H and O–H groups in total. The molecule has 0 bridgehead atoms. The molecule has 0 radical (unpaired) electrons. The van der Waals surface area contributed by atoms with Crippen molar-refractivity contribution in [1.29, 1.82) is 0 Å². The van der Waals surface area contributed by atoms with Crippen LogP contribution in [0.25, 0.3) is 0 Å². The van der Waals surface area contributed by atoms with E-state index in [0.717, 1.165) is 0 Å². The van der Waals surface area contributed by atoms with E-state index in [-0.39, 0.29) is 45.7 Å². The summed E-state index contributed by atoms with van der Waals surface area (Å²) in [5.74, 6) is 0.164. The van der Waals surface area contributed by atoms with Gasteiger partial charge in [-0.25, -0.2) is 8.42 Å². The van der Waals surface area contributed by atoms with Gasteiger partial charge in [-0.1, -0.05) is 0 Å². The van der Waals surface area contributed by atoms with Gasteiger partial charge in [0.15, 0.2) is 10.7 Å². The first-order chi connectivity index (χ1) is 8.65. The molecular weight excluding hydrogens is 291 g/mol. The summed E-state index contributed by atoms with van der Waals surface area (Å²) in [6, 6.07) is 12.4. The predicted molar refractivity (Wildman–Crippen MR) is 78.1 cm³/mol. The van der Waals surface area contributed by atoms with E-state index in [9.17, 15) is 8.42 Å². The molecule has 2 rings (SSSR count). The third-order valence-electron chi connectivity index (χ3n) is 2.19. The fourth-order valence-electron chi connectivity index (χ4n) is 1.28. The molecule has 0 spiro atoms. The topological polar surface area (TPSA) is 111 Å². The van der Waals surface area contributed by atoms with Crippen LogP contribution in [0.5, 0.6) is 5.75 Å². The van der Waals surface area contributed by atoms with Crippen LogP contribution in [0.15, 0.2) is 63.7 Å². The number of phenolic OH excluding ortho intramolecular Hbond substituents is 1. The maximum atomic E-state index is 10.7. The van der Waals surface area contributed by atoms with Crippen molar-refractivity contribution in [3.05, 3.63) is 48.5 Å². The molecule has 8 heteroatoms. The van der Waals surface area contributed by atoms with E-state index >= 15 is 0 Å². The molecule has 0 heterocycles. The minimum atomic E-state index is -2.56. The van der Waals surface area contributed by atoms with Crippen molar-refractivity contribution in [2.24, 2.45) is 10.2 Å². The summed E-state index contributed by atoms with van der Waals surface area (Å²) in [6.45, 7) is 0. The second-order valence-corrected chi connectivity index (χ2v) is 4.52. The summed E-state index contributed by atoms with van der Waals surface area (Å²) in [7, 11) is -2.56. The molecule has 0 atom stereocenters. The van der Waals surface area contributed by atoms with Crippen LogP contribution in [0.2, 0.25) is 0 Å². The number of rotatable bonds is 3. The van der Waals surface area contributed by atoms with Gasteiger partial charge in [0.05, 0.1) is 16.3 Å². The molecule has 0 amide bonds. The van der Waals surface area contributed by atoms with Gasteiger partial charge < -0.3 is 10.6 Å². The molecule has 6 nitrogen and oxygen atoms in total. The Morgan fingerprint density at radius 2 is 1.20 bits per heavy atom. The van der Waals surface area contributed by atoms with Crippen LogP contribution in [0.3, 0.4) is 0 Å². The molecule has 0 aliphatic carbocycles. The number of nitrogens with zero attached hydrogens (tertiary/aromatic N) is 2. The quantitative estimate of drug-likeness (QED) is 0.506. The molecule has 20 heavy (non-hydrogen) atoms. The first-order valence-corrected chi connectivity index (χ1v) is 6.28. The van der Waals surface area contributed by atoms with E-state index in [1.165, 1.54) is 24.3 Å². The zero-order valence-corrected chi connectivity index (χ0v) is 10.6. The summed E-state index contributed by atoms with van der Waals surface area (Å²) >= 11 is 0. The molecule has 0 fully saturated rings. The standard InChI is InChI=1S/C12H10N2O3S.Na.H2O.H/c15-11-5-1-9(2-6-11)13-14-10-3-7-12(8-4-10)18(16)17;;;/h1-8,15,18H;;1H2;/b14-13+;;;. The van der Waals surface area contributed by atoms with Crippen molar-refractivity contribution < 1.29 is 19.0 Å². The van der Waals surface area contributed by atoms with E-state index in [1.54, 1.807) is 24.3 Å². The van der Waals surface area contributed by atoms with Crippen LogP contribution in [0.4, 0.5) is 11.4 Å². The average Bonchev–Trinajstić information content (AvgIpc) is 2.38. The first-order valence-electron chi connectivity index (χ1n) is 5.10. The van der Waals surface area contributed by atoms with E-state index in [2.05, 4.69) is 10.2 Å². The van der Waals surface area contributed by atoms with Gasteiger partial charge >= 0.3 is 29.6 Å². The molecule has 0 saturated heterocycles. The summed E-state index contributed by atoms with van der Waals surface area (Å²) in [6.07, 6.45) is 0. The Labute approximate surface area is 139 Å². The number of hydrogen-bond donors (Lipinski definition) is 2. The maximum absolute atomic E-state index is 10.7. The van der Waals surface area contributed by atoms with Gasteiger partial charge in [0.1, 0.15) is 5.75 Å². The monoisotopic (exact) mass is 304 g/mol. The fourth-order valence-corrected chi connectivity index (χ4v) is 1.67. The molecule has 0 aromatic heterocycles. The number of azo groups is 1. The van der Waals surface area contributed by atoms with Crippen molar-refractivity contribution in [3.63, 3.8) is 0 Å². The zero-order chi connectivity index (χ0) is 13.0. The Bertz CT molecular complexity index is 632. The summed E-state index contributed by atoms with van der Waals surface area (Å²) < 4.78 is 21.4. The van der Waals surface area contributed by atoms with Crippen molar-refractivity contribution in [2.75, 3.05) is 0 Å². The van der Waals surface area contributed by atoms with E-state index in [1.807, 2.05) is 0 Å². The van der Waals surface area contributed by atoms with Gasteiger partial charge in [0.2, 0.25) is 0 Å². The molecule has 102 valence electrons. The number of hydrogen-bond acceptors (Lipinski definition) is 5. The van der Waals surface area contributed by atoms with Gasteiger partial charge in [-0.2, -0.15) is 10.2 Å². The second kappa shape index (κ2) is 8.83. The number of aromatic hydroxyl groups is 1. The molecule has 2 aromatic carbocycles. The van der Waals surface area contributed by atoms with Crippen LogP contribution in [-0.2, 0) is 10.7 Å². The van der Waals surface area contributed by atoms with Crippen LogP contribution in [0, 0.1) is 0 Å². The van der Waals surface area contributed by atoms with E-state index < -0.39 is 10.7 Å². The molecule has 2 aromatic rings. The molecule has 0 aliphatic heterocycles. The molecule has 0 unspecified atom stereocenters. The second-order valence-electron chi connectivity index (χ2n) is 3.49. The van der Waals surface area contributed by atoms with Crippen molar-refractivity contribution in [1.82, 2.24) is 0 Å². The average molecular weight is 304 g/mol. The molecular formula is C12H13N2NaO4S. The Hall–Kier alpha value is -1.25. The van der Waals surface area contributed by atoms with Gasteiger partial charge in [0, 0.05) is 0 Å². The van der Waals surface area contributed by atoms with Crippen LogP contribution in [-0.4, -0.2) is 48.6 Å². The van der Waals surface area contributed by atoms with Gasteiger partial charge in [-0.15, -0.1) is 0 Å². The van der Waals surface area contributed by atoms with Crippen molar-refractivity contribution in [3.8, 4) is 5.75 Å². The third-order valence-corrected chi connectivity index (χ3v) is 2.91. The van der Waals surface area contributed by atoms with E-state index in [4.69, 9.17) is 5.11 Å². The van der Waals surface area contributed by atoms with Gasteiger partial charge in [-0.3, -0.25) is 0 Å². The third kappa shape index (κ3) is 5.40. The van der Waals surface area contributed by atoms with Gasteiger partial charge in [-0.05, 0) is 48.5 Å². The number of phenols is 1.